The molecule has 3 aromatic rings. The molecule has 24 heavy (non-hydrogen) atoms. The van der Waals surface area contributed by atoms with Crippen molar-refractivity contribution in [1.82, 2.24) is 14.7 Å². The second-order valence-corrected chi connectivity index (χ2v) is 5.82. The Morgan fingerprint density at radius 1 is 1.17 bits per heavy atom. The van der Waals surface area contributed by atoms with E-state index in [0.29, 0.717) is 41.8 Å². The van der Waals surface area contributed by atoms with Gasteiger partial charge in [0.1, 0.15) is 18.9 Å². The summed E-state index contributed by atoms with van der Waals surface area (Å²) >= 11 is 5.95. The predicted octanol–water partition coefficient (Wildman–Crippen LogP) is 2.69. The quantitative estimate of drug-likeness (QED) is 0.794. The Morgan fingerprint density at radius 2 is 2.00 bits per heavy atom. The van der Waals surface area contributed by atoms with E-state index in [4.69, 9.17) is 21.1 Å². The van der Waals surface area contributed by atoms with Crippen LogP contribution in [0, 0.1) is 0 Å². The number of carbonyl (C=O) groups excluding carboxylic acids is 1. The zero-order valence-electron chi connectivity index (χ0n) is 12.7. The Kier molecular flexibility index (Phi) is 3.74. The standard InChI is InChI=1S/C17H14ClN3O3/c18-12-2-4-16-20-13(10-21(16)9-12)8-19-17(22)11-1-3-14-15(7-11)24-6-5-23-14/h1-4,7,9-10H,5-6,8H2,(H,19,22). The number of carbonyl (C=O) groups is 1. The number of hydrogen-bond acceptors (Lipinski definition) is 4. The fourth-order valence-corrected chi connectivity index (χ4v) is 2.73. The van der Waals surface area contributed by atoms with E-state index >= 15 is 0 Å². The topological polar surface area (TPSA) is 64.9 Å². The van der Waals surface area contributed by atoms with Crippen molar-refractivity contribution in [2.75, 3.05) is 13.2 Å². The molecule has 122 valence electrons. The minimum atomic E-state index is -0.193. The molecule has 0 fully saturated rings. The molecule has 6 nitrogen and oxygen atoms in total. The van der Waals surface area contributed by atoms with Crippen molar-refractivity contribution in [3.8, 4) is 11.5 Å². The zero-order chi connectivity index (χ0) is 16.5. The number of hydrogen-bond donors (Lipinski definition) is 1. The lowest BCUT2D eigenvalue weighted by Gasteiger charge is -2.18. The Labute approximate surface area is 143 Å². The molecule has 0 atom stereocenters. The number of pyridine rings is 1. The van der Waals surface area contributed by atoms with E-state index in [1.54, 1.807) is 30.5 Å². The van der Waals surface area contributed by atoms with Crippen molar-refractivity contribution in [2.45, 2.75) is 6.54 Å². The summed E-state index contributed by atoms with van der Waals surface area (Å²) in [5, 5.41) is 3.48. The van der Waals surface area contributed by atoms with Gasteiger partial charge in [-0.15, -0.1) is 0 Å². The third-order valence-corrected chi connectivity index (χ3v) is 3.92. The van der Waals surface area contributed by atoms with Crippen LogP contribution < -0.4 is 14.8 Å². The summed E-state index contributed by atoms with van der Waals surface area (Å²) in [6, 6.07) is 8.76. The molecule has 0 saturated carbocycles. The molecule has 4 rings (SSSR count). The highest BCUT2D eigenvalue weighted by Crippen LogP contribution is 2.30. The van der Waals surface area contributed by atoms with E-state index in [1.165, 1.54) is 0 Å². The number of halogens is 1. The fourth-order valence-electron chi connectivity index (χ4n) is 2.56. The van der Waals surface area contributed by atoms with Crippen LogP contribution in [0.5, 0.6) is 11.5 Å². The Hall–Kier alpha value is -2.73. The summed E-state index contributed by atoms with van der Waals surface area (Å²) in [5.74, 6) is 1.06. The third kappa shape index (κ3) is 2.88. The number of benzene rings is 1. The number of aromatic nitrogens is 2. The molecular weight excluding hydrogens is 330 g/mol. The maximum atomic E-state index is 12.3. The summed E-state index contributed by atoms with van der Waals surface area (Å²) in [5.41, 5.74) is 2.05. The number of amides is 1. The number of rotatable bonds is 3. The minimum absolute atomic E-state index is 0.193. The maximum absolute atomic E-state index is 12.3. The second-order valence-electron chi connectivity index (χ2n) is 5.39. The van der Waals surface area contributed by atoms with Gasteiger partial charge in [0.25, 0.3) is 5.91 Å². The molecule has 7 heteroatoms. The third-order valence-electron chi connectivity index (χ3n) is 3.70. The van der Waals surface area contributed by atoms with Crippen LogP contribution in [0.2, 0.25) is 5.02 Å². The summed E-state index contributed by atoms with van der Waals surface area (Å²) < 4.78 is 12.8. The lowest BCUT2D eigenvalue weighted by molar-refractivity contribution is 0.0949. The number of ether oxygens (including phenoxy) is 2. The second kappa shape index (κ2) is 6.05. The van der Waals surface area contributed by atoms with E-state index in [2.05, 4.69) is 10.3 Å². The molecule has 1 aromatic carbocycles. The summed E-state index contributed by atoms with van der Waals surface area (Å²) in [6.45, 7) is 1.34. The van der Waals surface area contributed by atoms with Gasteiger partial charge in [-0.05, 0) is 30.3 Å². The van der Waals surface area contributed by atoms with E-state index in [1.807, 2.05) is 16.7 Å². The predicted molar refractivity (Wildman–Crippen MR) is 88.8 cm³/mol. The van der Waals surface area contributed by atoms with Gasteiger partial charge in [0.15, 0.2) is 11.5 Å². The molecule has 2 aromatic heterocycles. The van der Waals surface area contributed by atoms with E-state index in [0.717, 1.165) is 11.3 Å². The highest BCUT2D eigenvalue weighted by Gasteiger charge is 2.15. The summed E-state index contributed by atoms with van der Waals surface area (Å²) in [6.07, 6.45) is 3.61. The van der Waals surface area contributed by atoms with Crippen LogP contribution in [0.1, 0.15) is 16.1 Å². The Balaban J connectivity index is 1.47. The molecule has 0 saturated heterocycles. The highest BCUT2D eigenvalue weighted by molar-refractivity contribution is 6.30. The highest BCUT2D eigenvalue weighted by atomic mass is 35.5. The van der Waals surface area contributed by atoms with Crippen LogP contribution in [0.25, 0.3) is 5.65 Å². The van der Waals surface area contributed by atoms with Crippen LogP contribution in [0.15, 0.2) is 42.7 Å². The van der Waals surface area contributed by atoms with E-state index in [-0.39, 0.29) is 5.91 Å². The summed E-state index contributed by atoms with van der Waals surface area (Å²) in [7, 11) is 0. The van der Waals surface area contributed by atoms with Crippen LogP contribution in [0.4, 0.5) is 0 Å². The van der Waals surface area contributed by atoms with Gasteiger partial charge in [-0.25, -0.2) is 4.98 Å². The first-order valence-corrected chi connectivity index (χ1v) is 7.88. The number of imidazole rings is 1. The average molecular weight is 344 g/mol. The number of nitrogens with zero attached hydrogens (tertiary/aromatic N) is 2. The molecule has 0 unspecified atom stereocenters. The lowest BCUT2D eigenvalue weighted by Crippen LogP contribution is -2.23. The van der Waals surface area contributed by atoms with Gasteiger partial charge in [-0.1, -0.05) is 11.6 Å². The first-order valence-electron chi connectivity index (χ1n) is 7.50. The van der Waals surface area contributed by atoms with Crippen molar-refractivity contribution >= 4 is 23.2 Å². The number of nitrogens with one attached hydrogen (secondary N) is 1. The maximum Gasteiger partial charge on any atom is 0.251 e. The van der Waals surface area contributed by atoms with Crippen LogP contribution in [0.3, 0.4) is 0 Å². The van der Waals surface area contributed by atoms with Gasteiger partial charge >= 0.3 is 0 Å². The minimum Gasteiger partial charge on any atom is -0.486 e. The molecule has 0 spiro atoms. The van der Waals surface area contributed by atoms with Crippen molar-refractivity contribution in [3.63, 3.8) is 0 Å². The van der Waals surface area contributed by atoms with Gasteiger partial charge < -0.3 is 19.2 Å². The Bertz CT molecular complexity index is 923. The van der Waals surface area contributed by atoms with Crippen LogP contribution >= 0.6 is 11.6 Å². The molecular formula is C17H14ClN3O3. The first kappa shape index (κ1) is 14.8. The molecule has 1 N–H and O–H groups in total. The molecule has 0 bridgehead atoms. The Morgan fingerprint density at radius 3 is 2.88 bits per heavy atom. The number of fused-ring (bicyclic) bond motifs is 2. The van der Waals surface area contributed by atoms with E-state index < -0.39 is 0 Å². The molecule has 1 amide bonds. The van der Waals surface area contributed by atoms with Crippen molar-refractivity contribution in [3.05, 3.63) is 59.0 Å². The molecule has 0 aliphatic carbocycles. The van der Waals surface area contributed by atoms with Gasteiger partial charge in [0, 0.05) is 18.0 Å². The van der Waals surface area contributed by atoms with Gasteiger partial charge in [-0.3, -0.25) is 4.79 Å². The lowest BCUT2D eigenvalue weighted by atomic mass is 10.2. The van der Waals surface area contributed by atoms with E-state index in [9.17, 15) is 4.79 Å². The van der Waals surface area contributed by atoms with Gasteiger partial charge in [0.2, 0.25) is 0 Å². The average Bonchev–Trinajstić information content (AvgIpc) is 3.01. The van der Waals surface area contributed by atoms with Crippen molar-refractivity contribution < 1.29 is 14.3 Å². The summed E-state index contributed by atoms with van der Waals surface area (Å²) in [4.78, 5) is 16.7. The van der Waals surface area contributed by atoms with Gasteiger partial charge in [0.05, 0.1) is 17.3 Å². The smallest absolute Gasteiger partial charge is 0.251 e. The SMILES string of the molecule is O=C(NCc1cn2cc(Cl)ccc2n1)c1ccc2c(c1)OCCO2. The molecule has 3 heterocycles. The zero-order valence-corrected chi connectivity index (χ0v) is 13.4. The van der Waals surface area contributed by atoms with Crippen LogP contribution in [-0.2, 0) is 6.54 Å². The first-order chi connectivity index (χ1) is 11.7. The van der Waals surface area contributed by atoms with Crippen molar-refractivity contribution in [2.24, 2.45) is 0 Å². The van der Waals surface area contributed by atoms with Gasteiger partial charge in [-0.2, -0.15) is 0 Å². The fraction of sp³-hybridized carbons (Fsp3) is 0.176. The largest absolute Gasteiger partial charge is 0.486 e. The normalized spacial score (nSPS) is 13.0. The van der Waals surface area contributed by atoms with Crippen LogP contribution in [-0.4, -0.2) is 28.5 Å². The monoisotopic (exact) mass is 343 g/mol. The molecule has 1 aliphatic heterocycles. The molecule has 0 radical (unpaired) electrons. The molecule has 1 aliphatic rings. The van der Waals surface area contributed by atoms with Crippen molar-refractivity contribution in [1.29, 1.82) is 0 Å².